The molecule has 0 bridgehead atoms. The third-order valence-electron chi connectivity index (χ3n) is 3.60. The second-order valence-electron chi connectivity index (χ2n) is 4.90. The lowest BCUT2D eigenvalue weighted by Gasteiger charge is -2.30. The first-order chi connectivity index (χ1) is 8.58. The lowest BCUT2D eigenvalue weighted by molar-refractivity contribution is -0.145. The average Bonchev–Trinajstić information content (AvgIpc) is 3.14. The van der Waals surface area contributed by atoms with Gasteiger partial charge >= 0.3 is 5.97 Å². The molecule has 0 spiro atoms. The normalized spacial score (nSPS) is 18.3. The SMILES string of the molecule is CCC(NCC1CC1)(C(=O)O)c1cccc(Cl)c1. The van der Waals surface area contributed by atoms with Crippen molar-refractivity contribution in [2.75, 3.05) is 6.54 Å². The highest BCUT2D eigenvalue weighted by Gasteiger charge is 2.39. The molecule has 0 heterocycles. The summed E-state index contributed by atoms with van der Waals surface area (Å²) in [6, 6.07) is 7.11. The zero-order chi connectivity index (χ0) is 13.2. The molecule has 1 saturated carbocycles. The van der Waals surface area contributed by atoms with Crippen LogP contribution in [-0.4, -0.2) is 17.6 Å². The van der Waals surface area contributed by atoms with Crippen LogP contribution in [0.5, 0.6) is 0 Å². The van der Waals surface area contributed by atoms with Crippen molar-refractivity contribution in [3.63, 3.8) is 0 Å². The smallest absolute Gasteiger partial charge is 0.328 e. The van der Waals surface area contributed by atoms with E-state index in [0.29, 0.717) is 17.4 Å². The Hall–Kier alpha value is -1.06. The molecular weight excluding hydrogens is 250 g/mol. The second-order valence-corrected chi connectivity index (χ2v) is 5.34. The van der Waals surface area contributed by atoms with Crippen molar-refractivity contribution in [1.29, 1.82) is 0 Å². The van der Waals surface area contributed by atoms with E-state index in [1.165, 1.54) is 12.8 Å². The third-order valence-corrected chi connectivity index (χ3v) is 3.84. The Bertz CT molecular complexity index is 445. The monoisotopic (exact) mass is 267 g/mol. The largest absolute Gasteiger partial charge is 0.480 e. The third kappa shape index (κ3) is 2.68. The Morgan fingerprint density at radius 1 is 1.56 bits per heavy atom. The molecule has 4 heteroatoms. The highest BCUT2D eigenvalue weighted by Crippen LogP contribution is 2.32. The Morgan fingerprint density at radius 3 is 2.78 bits per heavy atom. The van der Waals surface area contributed by atoms with Gasteiger partial charge in [-0.05, 0) is 49.4 Å². The molecule has 1 aromatic rings. The van der Waals surface area contributed by atoms with E-state index in [9.17, 15) is 9.90 Å². The van der Waals surface area contributed by atoms with Crippen molar-refractivity contribution in [3.05, 3.63) is 34.9 Å². The zero-order valence-electron chi connectivity index (χ0n) is 10.4. The van der Waals surface area contributed by atoms with E-state index in [2.05, 4.69) is 5.32 Å². The Balaban J connectivity index is 2.29. The minimum absolute atomic E-state index is 0.495. The van der Waals surface area contributed by atoms with Crippen LogP contribution >= 0.6 is 11.6 Å². The number of carbonyl (C=O) groups is 1. The highest BCUT2D eigenvalue weighted by atomic mass is 35.5. The fraction of sp³-hybridized carbons (Fsp3) is 0.500. The fourth-order valence-corrected chi connectivity index (χ4v) is 2.37. The van der Waals surface area contributed by atoms with Gasteiger partial charge in [-0.25, -0.2) is 4.79 Å². The molecule has 0 radical (unpaired) electrons. The van der Waals surface area contributed by atoms with Crippen LogP contribution in [-0.2, 0) is 10.3 Å². The molecule has 0 saturated heterocycles. The van der Waals surface area contributed by atoms with Gasteiger partial charge in [0.05, 0.1) is 0 Å². The van der Waals surface area contributed by atoms with E-state index in [0.717, 1.165) is 12.1 Å². The van der Waals surface area contributed by atoms with Crippen LogP contribution in [0, 0.1) is 5.92 Å². The van der Waals surface area contributed by atoms with Crippen LogP contribution in [0.15, 0.2) is 24.3 Å². The van der Waals surface area contributed by atoms with Crippen LogP contribution in [0.25, 0.3) is 0 Å². The first kappa shape index (κ1) is 13.4. The molecule has 3 nitrogen and oxygen atoms in total. The number of hydrogen-bond acceptors (Lipinski definition) is 2. The molecular formula is C14H18ClNO2. The quantitative estimate of drug-likeness (QED) is 0.833. The van der Waals surface area contributed by atoms with Gasteiger partial charge in [-0.1, -0.05) is 30.7 Å². The average molecular weight is 268 g/mol. The minimum atomic E-state index is -1.02. The summed E-state index contributed by atoms with van der Waals surface area (Å²) in [5.74, 6) is -0.206. The summed E-state index contributed by atoms with van der Waals surface area (Å²) in [5, 5.41) is 13.4. The summed E-state index contributed by atoms with van der Waals surface area (Å²) in [7, 11) is 0. The van der Waals surface area contributed by atoms with E-state index in [1.807, 2.05) is 13.0 Å². The molecule has 0 aromatic heterocycles. The molecule has 2 rings (SSSR count). The number of aliphatic carboxylic acids is 1. The van der Waals surface area contributed by atoms with Gasteiger partial charge in [0.25, 0.3) is 0 Å². The molecule has 2 N–H and O–H groups in total. The van der Waals surface area contributed by atoms with Crippen molar-refractivity contribution in [1.82, 2.24) is 5.32 Å². The van der Waals surface area contributed by atoms with Crippen LogP contribution in [0.2, 0.25) is 5.02 Å². The molecule has 1 aromatic carbocycles. The molecule has 1 aliphatic carbocycles. The summed E-state index contributed by atoms with van der Waals surface area (Å²) in [6.45, 7) is 2.64. The topological polar surface area (TPSA) is 49.3 Å². The molecule has 1 unspecified atom stereocenters. The van der Waals surface area contributed by atoms with Crippen LogP contribution < -0.4 is 5.32 Å². The predicted octanol–water partition coefficient (Wildman–Crippen LogP) is 3.03. The van der Waals surface area contributed by atoms with E-state index in [4.69, 9.17) is 11.6 Å². The number of benzene rings is 1. The molecule has 1 fully saturated rings. The first-order valence-electron chi connectivity index (χ1n) is 6.33. The number of carboxylic acids is 1. The summed E-state index contributed by atoms with van der Waals surface area (Å²) in [4.78, 5) is 11.7. The molecule has 98 valence electrons. The summed E-state index contributed by atoms with van der Waals surface area (Å²) in [5.41, 5.74) is -0.293. The number of halogens is 1. The lowest BCUT2D eigenvalue weighted by Crippen LogP contribution is -2.49. The van der Waals surface area contributed by atoms with Gasteiger partial charge in [0.2, 0.25) is 0 Å². The summed E-state index contributed by atoms with van der Waals surface area (Å²) in [6.07, 6.45) is 2.89. The molecule has 1 aliphatic rings. The molecule has 18 heavy (non-hydrogen) atoms. The maximum Gasteiger partial charge on any atom is 0.328 e. The fourth-order valence-electron chi connectivity index (χ4n) is 2.18. The van der Waals surface area contributed by atoms with Gasteiger partial charge in [-0.2, -0.15) is 0 Å². The van der Waals surface area contributed by atoms with Crippen LogP contribution in [0.1, 0.15) is 31.7 Å². The molecule has 0 amide bonds. The van der Waals surface area contributed by atoms with Gasteiger partial charge in [-0.15, -0.1) is 0 Å². The van der Waals surface area contributed by atoms with E-state index >= 15 is 0 Å². The number of rotatable bonds is 6. The van der Waals surface area contributed by atoms with E-state index in [-0.39, 0.29) is 0 Å². The number of hydrogen-bond donors (Lipinski definition) is 2. The Labute approximate surface area is 112 Å². The van der Waals surface area contributed by atoms with Gasteiger partial charge in [0.15, 0.2) is 0 Å². The van der Waals surface area contributed by atoms with Gasteiger partial charge in [-0.3, -0.25) is 5.32 Å². The highest BCUT2D eigenvalue weighted by molar-refractivity contribution is 6.30. The minimum Gasteiger partial charge on any atom is -0.480 e. The maximum atomic E-state index is 11.7. The molecule has 0 aliphatic heterocycles. The Kier molecular flexibility index (Phi) is 3.93. The van der Waals surface area contributed by atoms with Crippen molar-refractivity contribution < 1.29 is 9.90 Å². The van der Waals surface area contributed by atoms with Crippen molar-refractivity contribution in [2.45, 2.75) is 31.7 Å². The van der Waals surface area contributed by atoms with Gasteiger partial charge in [0, 0.05) is 5.02 Å². The van der Waals surface area contributed by atoms with E-state index < -0.39 is 11.5 Å². The van der Waals surface area contributed by atoms with Gasteiger partial charge in [0.1, 0.15) is 5.54 Å². The van der Waals surface area contributed by atoms with Crippen molar-refractivity contribution in [2.24, 2.45) is 5.92 Å². The van der Waals surface area contributed by atoms with Crippen LogP contribution in [0.4, 0.5) is 0 Å². The maximum absolute atomic E-state index is 11.7. The standard InChI is InChI=1S/C14H18ClNO2/c1-2-14(13(17)18,16-9-10-6-7-10)11-4-3-5-12(15)8-11/h3-5,8,10,16H,2,6-7,9H2,1H3,(H,17,18). The molecule has 1 atom stereocenters. The van der Waals surface area contributed by atoms with Crippen LogP contribution in [0.3, 0.4) is 0 Å². The second kappa shape index (κ2) is 5.29. The number of carboxylic acid groups (broad SMARTS) is 1. The summed E-state index contributed by atoms with van der Waals surface area (Å²) < 4.78 is 0. The first-order valence-corrected chi connectivity index (χ1v) is 6.71. The lowest BCUT2D eigenvalue weighted by atomic mass is 9.87. The Morgan fingerprint density at radius 2 is 2.28 bits per heavy atom. The van der Waals surface area contributed by atoms with Gasteiger partial charge < -0.3 is 5.11 Å². The van der Waals surface area contributed by atoms with Crippen molar-refractivity contribution in [3.8, 4) is 0 Å². The predicted molar refractivity (Wildman–Crippen MR) is 71.8 cm³/mol. The van der Waals surface area contributed by atoms with Crippen molar-refractivity contribution >= 4 is 17.6 Å². The van der Waals surface area contributed by atoms with E-state index in [1.54, 1.807) is 18.2 Å². The number of nitrogens with one attached hydrogen (secondary N) is 1. The summed E-state index contributed by atoms with van der Waals surface area (Å²) >= 11 is 5.97. The zero-order valence-corrected chi connectivity index (χ0v) is 11.2.